The van der Waals surface area contributed by atoms with Crippen LogP contribution in [0.5, 0.6) is 5.75 Å². The fraction of sp³-hybridized carbons (Fsp3) is 0.571. The molecule has 1 aliphatic rings. The normalized spacial score (nSPS) is 23.5. The number of hydrogen-bond acceptors (Lipinski definition) is 4. The molecule has 1 fully saturated rings. The lowest BCUT2D eigenvalue weighted by molar-refractivity contribution is -0.0806. The van der Waals surface area contributed by atoms with Gasteiger partial charge in [0.05, 0.1) is 19.3 Å². The molecule has 1 aromatic rings. The smallest absolute Gasteiger partial charge is 0.387 e. The molecule has 0 amide bonds. The Morgan fingerprint density at radius 1 is 1.48 bits per heavy atom. The lowest BCUT2D eigenvalue weighted by Gasteiger charge is -2.37. The molecule has 21 heavy (non-hydrogen) atoms. The Morgan fingerprint density at radius 2 is 2.24 bits per heavy atom. The molecule has 0 aromatic heterocycles. The van der Waals surface area contributed by atoms with Gasteiger partial charge in [-0.25, -0.2) is 4.39 Å². The second kappa shape index (κ2) is 7.11. The molecule has 118 valence electrons. The third kappa shape index (κ3) is 4.33. The first kappa shape index (κ1) is 16.1. The summed E-state index contributed by atoms with van der Waals surface area (Å²) < 4.78 is 47.3. The average Bonchev–Trinajstić information content (AvgIpc) is 2.44. The van der Waals surface area contributed by atoms with Crippen LogP contribution in [-0.4, -0.2) is 48.5 Å². The molecule has 0 saturated carbocycles. The highest BCUT2D eigenvalue weighted by Crippen LogP contribution is 2.22. The summed E-state index contributed by atoms with van der Waals surface area (Å²) >= 11 is 0. The van der Waals surface area contributed by atoms with E-state index in [1.165, 1.54) is 12.1 Å². The molecular weight excluding hydrogens is 287 g/mol. The molecular formula is C14H18F3NO3. The number of nitrogens with zero attached hydrogens (tertiary/aromatic N) is 1. The minimum atomic E-state index is -3.05. The van der Waals surface area contributed by atoms with Gasteiger partial charge >= 0.3 is 6.61 Å². The highest BCUT2D eigenvalue weighted by molar-refractivity contribution is 5.29. The number of hydrogen-bond donors (Lipinski definition) is 1. The molecule has 2 rings (SSSR count). The maximum atomic E-state index is 13.7. The first-order valence-corrected chi connectivity index (χ1v) is 6.69. The van der Waals surface area contributed by atoms with Crippen LogP contribution in [-0.2, 0) is 11.3 Å². The quantitative estimate of drug-likeness (QED) is 0.903. The Kier molecular flexibility index (Phi) is 5.44. The molecule has 1 aromatic carbocycles. The van der Waals surface area contributed by atoms with Gasteiger partial charge in [0.1, 0.15) is 0 Å². The molecule has 7 heteroatoms. The average molecular weight is 305 g/mol. The minimum absolute atomic E-state index is 0.0707. The number of alkyl halides is 2. The minimum Gasteiger partial charge on any atom is -0.432 e. The van der Waals surface area contributed by atoms with Gasteiger partial charge in [0.25, 0.3) is 0 Å². The number of aliphatic hydroxyl groups is 1. The van der Waals surface area contributed by atoms with E-state index in [0.29, 0.717) is 25.3 Å². The van der Waals surface area contributed by atoms with Crippen molar-refractivity contribution >= 4 is 0 Å². The van der Waals surface area contributed by atoms with Gasteiger partial charge in [0.2, 0.25) is 0 Å². The molecule has 2 atom stereocenters. The van der Waals surface area contributed by atoms with Crippen molar-refractivity contribution in [3.63, 3.8) is 0 Å². The van der Waals surface area contributed by atoms with Gasteiger partial charge in [-0.1, -0.05) is 6.07 Å². The lowest BCUT2D eigenvalue weighted by atomic mass is 10.1. The summed E-state index contributed by atoms with van der Waals surface area (Å²) in [6.45, 7) is 0.327. The van der Waals surface area contributed by atoms with Crippen LogP contribution in [0.4, 0.5) is 13.2 Å². The van der Waals surface area contributed by atoms with E-state index < -0.39 is 18.2 Å². The fourth-order valence-corrected chi connectivity index (χ4v) is 2.27. The Hall–Kier alpha value is -1.31. The van der Waals surface area contributed by atoms with E-state index in [2.05, 4.69) is 4.74 Å². The summed E-state index contributed by atoms with van der Waals surface area (Å²) in [6, 6.07) is 4.07. The molecule has 1 aliphatic heterocycles. The Bertz CT molecular complexity index is 473. The van der Waals surface area contributed by atoms with Gasteiger partial charge in [0.15, 0.2) is 11.6 Å². The van der Waals surface area contributed by atoms with E-state index in [4.69, 9.17) is 9.84 Å². The fourth-order valence-electron chi connectivity index (χ4n) is 2.27. The molecule has 1 N–H and O–H groups in total. The number of benzene rings is 1. The van der Waals surface area contributed by atoms with Crippen molar-refractivity contribution in [3.8, 4) is 5.75 Å². The van der Waals surface area contributed by atoms with Crippen LogP contribution < -0.4 is 4.74 Å². The Balaban J connectivity index is 2.03. The summed E-state index contributed by atoms with van der Waals surface area (Å²) in [5, 5.41) is 9.13. The van der Waals surface area contributed by atoms with Gasteiger partial charge in [-0.15, -0.1) is 0 Å². The van der Waals surface area contributed by atoms with Crippen LogP contribution in [0.1, 0.15) is 12.5 Å². The molecule has 0 spiro atoms. The number of halogens is 3. The van der Waals surface area contributed by atoms with E-state index in [1.807, 2.05) is 11.8 Å². The molecule has 0 unspecified atom stereocenters. The largest absolute Gasteiger partial charge is 0.432 e. The molecule has 0 radical (unpaired) electrons. The van der Waals surface area contributed by atoms with Crippen LogP contribution in [0.15, 0.2) is 18.2 Å². The molecule has 1 saturated heterocycles. The zero-order valence-corrected chi connectivity index (χ0v) is 11.6. The van der Waals surface area contributed by atoms with E-state index in [1.54, 1.807) is 6.07 Å². The van der Waals surface area contributed by atoms with E-state index in [0.717, 1.165) is 0 Å². The summed E-state index contributed by atoms with van der Waals surface area (Å²) in [5.74, 6) is -1.27. The first-order chi connectivity index (χ1) is 9.99. The maximum Gasteiger partial charge on any atom is 0.387 e. The number of rotatable bonds is 5. The molecule has 4 nitrogen and oxygen atoms in total. The first-order valence-electron chi connectivity index (χ1n) is 6.69. The van der Waals surface area contributed by atoms with Crippen LogP contribution in [0.3, 0.4) is 0 Å². The van der Waals surface area contributed by atoms with Crippen LogP contribution >= 0.6 is 0 Å². The van der Waals surface area contributed by atoms with Crippen molar-refractivity contribution in [2.75, 3.05) is 19.8 Å². The summed E-state index contributed by atoms with van der Waals surface area (Å²) in [7, 11) is 0. The monoisotopic (exact) mass is 305 g/mol. The van der Waals surface area contributed by atoms with Crippen LogP contribution in [0.25, 0.3) is 0 Å². The van der Waals surface area contributed by atoms with E-state index >= 15 is 0 Å². The number of morpholine rings is 1. The summed E-state index contributed by atoms with van der Waals surface area (Å²) in [4.78, 5) is 2.05. The molecule has 0 bridgehead atoms. The zero-order chi connectivity index (χ0) is 15.4. The van der Waals surface area contributed by atoms with Gasteiger partial charge in [-0.05, 0) is 24.6 Å². The van der Waals surface area contributed by atoms with Crippen molar-refractivity contribution in [1.29, 1.82) is 0 Å². The van der Waals surface area contributed by atoms with Gasteiger partial charge in [-0.2, -0.15) is 8.78 Å². The van der Waals surface area contributed by atoms with Gasteiger partial charge in [-0.3, -0.25) is 4.90 Å². The van der Waals surface area contributed by atoms with E-state index in [-0.39, 0.29) is 18.8 Å². The van der Waals surface area contributed by atoms with Crippen molar-refractivity contribution in [1.82, 2.24) is 4.90 Å². The van der Waals surface area contributed by atoms with Crippen molar-refractivity contribution in [3.05, 3.63) is 29.6 Å². The van der Waals surface area contributed by atoms with Crippen molar-refractivity contribution < 1.29 is 27.8 Å². The number of ether oxygens (including phenoxy) is 2. The highest BCUT2D eigenvalue weighted by atomic mass is 19.3. The zero-order valence-electron chi connectivity index (χ0n) is 11.6. The highest BCUT2D eigenvalue weighted by Gasteiger charge is 2.25. The van der Waals surface area contributed by atoms with Crippen LogP contribution in [0.2, 0.25) is 0 Å². The van der Waals surface area contributed by atoms with E-state index in [9.17, 15) is 13.2 Å². The predicted molar refractivity (Wildman–Crippen MR) is 69.7 cm³/mol. The lowest BCUT2D eigenvalue weighted by Crippen LogP contribution is -2.48. The third-order valence-electron chi connectivity index (χ3n) is 3.44. The second-order valence-electron chi connectivity index (χ2n) is 5.06. The van der Waals surface area contributed by atoms with Gasteiger partial charge < -0.3 is 14.6 Å². The Labute approximate surface area is 121 Å². The second-order valence-corrected chi connectivity index (χ2v) is 5.06. The third-order valence-corrected chi connectivity index (χ3v) is 3.44. The maximum absolute atomic E-state index is 13.7. The van der Waals surface area contributed by atoms with Gasteiger partial charge in [0, 0.05) is 19.1 Å². The van der Waals surface area contributed by atoms with Crippen molar-refractivity contribution in [2.45, 2.75) is 32.2 Å². The standard InChI is InChI=1S/C14H18F3NO3/c1-9-8-20-11(7-19)6-18(9)5-10-2-3-13(12(15)4-10)21-14(16)17/h2-4,9,11,14,19H,5-8H2,1H3/t9-,11+/m0/s1. The van der Waals surface area contributed by atoms with Crippen molar-refractivity contribution in [2.24, 2.45) is 0 Å². The topological polar surface area (TPSA) is 41.9 Å². The summed E-state index contributed by atoms with van der Waals surface area (Å²) in [6.07, 6.45) is -0.257. The molecule has 1 heterocycles. The van der Waals surface area contributed by atoms with Crippen LogP contribution in [0, 0.1) is 5.82 Å². The number of aliphatic hydroxyl groups excluding tert-OH is 1. The summed E-state index contributed by atoms with van der Waals surface area (Å²) in [5.41, 5.74) is 0.652. The molecule has 0 aliphatic carbocycles. The Morgan fingerprint density at radius 3 is 2.86 bits per heavy atom. The predicted octanol–water partition coefficient (Wildman–Crippen LogP) is 2.01. The SMILES string of the molecule is C[C@H]1CO[C@@H](CO)CN1Cc1ccc(OC(F)F)c(F)c1.